The summed E-state index contributed by atoms with van der Waals surface area (Å²) in [6.45, 7) is 6.82. The molecule has 0 saturated heterocycles. The Labute approximate surface area is 184 Å². The topological polar surface area (TPSA) is 67.4 Å². The summed E-state index contributed by atoms with van der Waals surface area (Å²) in [7, 11) is 0. The van der Waals surface area contributed by atoms with Gasteiger partial charge >= 0.3 is 6.18 Å². The van der Waals surface area contributed by atoms with Crippen LogP contribution in [0, 0.1) is 20.8 Å². The fourth-order valence-electron chi connectivity index (χ4n) is 4.00. The van der Waals surface area contributed by atoms with Crippen molar-refractivity contribution < 1.29 is 27.5 Å². The molecule has 8 heteroatoms. The second-order valence-electron chi connectivity index (χ2n) is 8.02. The molecule has 0 aliphatic heterocycles. The molecule has 0 fully saturated rings. The number of halogens is 3. The molecule has 5 nitrogen and oxygen atoms in total. The number of aromatic nitrogens is 1. The van der Waals surface area contributed by atoms with Crippen LogP contribution < -0.4 is 5.32 Å². The smallest absolute Gasteiger partial charge is 0.424 e. The molecule has 2 aromatic heterocycles. The number of carbonyl (C=O) groups is 1. The minimum absolute atomic E-state index is 0.0183. The molecular formula is C24H27F3N2O3. The Balaban J connectivity index is 1.75. The first-order chi connectivity index (χ1) is 15.0. The number of aliphatic hydroxyl groups is 1. The first kappa shape index (κ1) is 23.7. The van der Waals surface area contributed by atoms with Crippen LogP contribution in [0.15, 0.2) is 52.9 Å². The zero-order valence-corrected chi connectivity index (χ0v) is 18.5. The molecule has 172 valence electrons. The highest BCUT2D eigenvalue weighted by Crippen LogP contribution is 2.42. The predicted octanol–water partition coefficient (Wildman–Crippen LogP) is 5.19. The number of aryl methyl sites for hydroxylation is 2. The van der Waals surface area contributed by atoms with Gasteiger partial charge in [0.15, 0.2) is 0 Å². The fourth-order valence-corrected chi connectivity index (χ4v) is 4.00. The quantitative estimate of drug-likeness (QED) is 0.523. The van der Waals surface area contributed by atoms with Crippen LogP contribution in [0.25, 0.3) is 0 Å². The standard InChI is InChI=1S/C24H27F3N2O3/c1-15-14-20(18(4)29(15)17(3)19-8-6-5-7-9-19)22(30)28-13-12-23(31,24(25,26)27)21-11-10-16(2)32-21/h5-11,14,17,31H,12-13H2,1-4H3,(H,28,30)/t17-,23-/m1/s1. The maximum absolute atomic E-state index is 13.6. The first-order valence-electron chi connectivity index (χ1n) is 10.3. The van der Waals surface area contributed by atoms with Crippen molar-refractivity contribution in [2.24, 2.45) is 0 Å². The van der Waals surface area contributed by atoms with Crippen molar-refractivity contribution in [3.63, 3.8) is 0 Å². The number of carbonyl (C=O) groups excluding carboxylic acids is 1. The van der Waals surface area contributed by atoms with Gasteiger partial charge < -0.3 is 19.4 Å². The van der Waals surface area contributed by atoms with Crippen LogP contribution in [-0.2, 0) is 5.60 Å². The summed E-state index contributed by atoms with van der Waals surface area (Å²) in [5.41, 5.74) is -0.154. The molecule has 2 atom stereocenters. The molecule has 0 unspecified atom stereocenters. The minimum Gasteiger partial charge on any atom is -0.463 e. The maximum atomic E-state index is 13.6. The van der Waals surface area contributed by atoms with Gasteiger partial charge in [0.2, 0.25) is 5.60 Å². The molecule has 1 amide bonds. The van der Waals surface area contributed by atoms with E-state index in [0.717, 1.165) is 17.3 Å². The molecule has 0 spiro atoms. The summed E-state index contributed by atoms with van der Waals surface area (Å²) in [4.78, 5) is 12.8. The van der Waals surface area contributed by atoms with E-state index in [2.05, 4.69) is 5.32 Å². The van der Waals surface area contributed by atoms with Gasteiger partial charge in [0, 0.05) is 24.4 Å². The lowest BCUT2D eigenvalue weighted by molar-refractivity contribution is -0.274. The van der Waals surface area contributed by atoms with Crippen LogP contribution >= 0.6 is 0 Å². The van der Waals surface area contributed by atoms with Crippen LogP contribution in [0.1, 0.15) is 58.2 Å². The van der Waals surface area contributed by atoms with Gasteiger partial charge in [-0.15, -0.1) is 0 Å². The third-order valence-corrected chi connectivity index (χ3v) is 5.79. The molecule has 0 aliphatic carbocycles. The highest BCUT2D eigenvalue weighted by molar-refractivity contribution is 5.95. The largest absolute Gasteiger partial charge is 0.463 e. The number of hydrogen-bond acceptors (Lipinski definition) is 3. The molecular weight excluding hydrogens is 421 g/mol. The Kier molecular flexibility index (Phi) is 6.55. The van der Waals surface area contributed by atoms with Crippen molar-refractivity contribution >= 4 is 5.91 Å². The van der Waals surface area contributed by atoms with Crippen LogP contribution in [0.3, 0.4) is 0 Å². The van der Waals surface area contributed by atoms with E-state index in [1.165, 1.54) is 13.0 Å². The van der Waals surface area contributed by atoms with Gasteiger partial charge in [-0.25, -0.2) is 0 Å². The lowest BCUT2D eigenvalue weighted by Gasteiger charge is -2.28. The van der Waals surface area contributed by atoms with Crippen LogP contribution in [0.5, 0.6) is 0 Å². The van der Waals surface area contributed by atoms with Crippen LogP contribution in [-0.4, -0.2) is 28.3 Å². The number of furan rings is 1. The number of hydrogen-bond donors (Lipinski definition) is 2. The van der Waals surface area contributed by atoms with Crippen molar-refractivity contribution in [2.75, 3.05) is 6.54 Å². The molecule has 2 heterocycles. The highest BCUT2D eigenvalue weighted by atomic mass is 19.4. The van der Waals surface area contributed by atoms with Crippen LogP contribution in [0.2, 0.25) is 0 Å². The predicted molar refractivity (Wildman–Crippen MR) is 115 cm³/mol. The maximum Gasteiger partial charge on any atom is 0.424 e. The van der Waals surface area contributed by atoms with E-state index in [1.54, 1.807) is 13.0 Å². The Morgan fingerprint density at radius 3 is 2.34 bits per heavy atom. The summed E-state index contributed by atoms with van der Waals surface area (Å²) in [5.74, 6) is -0.830. The van der Waals surface area contributed by atoms with Gasteiger partial charge in [0.05, 0.1) is 11.6 Å². The number of rotatable bonds is 7. The zero-order chi connectivity index (χ0) is 23.7. The van der Waals surface area contributed by atoms with Gasteiger partial charge in [-0.1, -0.05) is 30.3 Å². The van der Waals surface area contributed by atoms with Crippen LogP contribution in [0.4, 0.5) is 13.2 Å². The molecule has 0 radical (unpaired) electrons. The number of nitrogens with one attached hydrogen (secondary N) is 1. The lowest BCUT2D eigenvalue weighted by atomic mass is 9.95. The summed E-state index contributed by atoms with van der Waals surface area (Å²) in [6, 6.07) is 14.0. The number of alkyl halides is 3. The van der Waals surface area contributed by atoms with E-state index in [1.807, 2.05) is 48.7 Å². The number of amides is 1. The van der Waals surface area contributed by atoms with E-state index in [4.69, 9.17) is 4.42 Å². The second-order valence-corrected chi connectivity index (χ2v) is 8.02. The van der Waals surface area contributed by atoms with E-state index in [-0.39, 0.29) is 18.3 Å². The zero-order valence-electron chi connectivity index (χ0n) is 18.5. The Hall–Kier alpha value is -3.00. The van der Waals surface area contributed by atoms with Gasteiger partial charge in [0.1, 0.15) is 11.5 Å². The lowest BCUT2D eigenvalue weighted by Crippen LogP contribution is -2.44. The van der Waals surface area contributed by atoms with Crippen molar-refractivity contribution in [3.05, 3.63) is 82.6 Å². The second kappa shape index (κ2) is 8.86. The van der Waals surface area contributed by atoms with Gasteiger partial charge in [-0.3, -0.25) is 4.79 Å². The van der Waals surface area contributed by atoms with Crippen molar-refractivity contribution in [1.82, 2.24) is 9.88 Å². The third-order valence-electron chi connectivity index (χ3n) is 5.79. The summed E-state index contributed by atoms with van der Waals surface area (Å²) < 4.78 is 47.8. The van der Waals surface area contributed by atoms with E-state index in [9.17, 15) is 23.1 Å². The molecule has 0 aliphatic rings. The third kappa shape index (κ3) is 4.46. The van der Waals surface area contributed by atoms with Gasteiger partial charge in [0.25, 0.3) is 5.91 Å². The van der Waals surface area contributed by atoms with Crippen molar-refractivity contribution in [1.29, 1.82) is 0 Å². The Bertz CT molecular complexity index is 1090. The SMILES string of the molecule is Cc1ccc([C@](O)(CCNC(=O)c2cc(C)n([C@H](C)c3ccccc3)c2C)C(F)(F)F)o1. The average molecular weight is 448 g/mol. The molecule has 32 heavy (non-hydrogen) atoms. The molecule has 0 bridgehead atoms. The summed E-state index contributed by atoms with van der Waals surface area (Å²) in [5, 5.41) is 12.9. The number of benzene rings is 1. The Morgan fingerprint density at radius 1 is 1.12 bits per heavy atom. The first-order valence-corrected chi connectivity index (χ1v) is 10.3. The van der Waals surface area contributed by atoms with E-state index >= 15 is 0 Å². The minimum atomic E-state index is -4.96. The molecule has 1 aromatic carbocycles. The van der Waals surface area contributed by atoms with Crippen molar-refractivity contribution in [3.8, 4) is 0 Å². The average Bonchev–Trinajstić information content (AvgIpc) is 3.30. The van der Waals surface area contributed by atoms with Gasteiger partial charge in [-0.05, 0) is 51.5 Å². The van der Waals surface area contributed by atoms with E-state index < -0.39 is 29.9 Å². The van der Waals surface area contributed by atoms with Crippen molar-refractivity contribution in [2.45, 2.75) is 51.9 Å². The summed E-state index contributed by atoms with van der Waals surface area (Å²) >= 11 is 0. The fraction of sp³-hybridized carbons (Fsp3) is 0.375. The summed E-state index contributed by atoms with van der Waals surface area (Å²) in [6.07, 6.45) is -5.72. The number of nitrogens with zero attached hydrogens (tertiary/aromatic N) is 1. The molecule has 2 N–H and O–H groups in total. The van der Waals surface area contributed by atoms with Gasteiger partial charge in [-0.2, -0.15) is 13.2 Å². The molecule has 0 saturated carbocycles. The highest BCUT2D eigenvalue weighted by Gasteiger charge is 2.56. The normalized spacial score (nSPS) is 14.8. The Morgan fingerprint density at radius 2 is 1.78 bits per heavy atom. The van der Waals surface area contributed by atoms with E-state index in [0.29, 0.717) is 11.3 Å². The monoisotopic (exact) mass is 448 g/mol. The molecule has 3 aromatic rings. The molecule has 3 rings (SSSR count).